The first-order chi connectivity index (χ1) is 20.8. The number of benzene rings is 3. The first-order valence-electron chi connectivity index (χ1n) is 13.4. The molecule has 1 amide bonds. The normalized spacial score (nSPS) is 14.7. The summed E-state index contributed by atoms with van der Waals surface area (Å²) in [5, 5.41) is 3.89. The number of methoxy groups -OCH3 is 1. The van der Waals surface area contributed by atoms with Crippen molar-refractivity contribution in [3.8, 4) is 17.5 Å². The molecule has 0 spiro atoms. The summed E-state index contributed by atoms with van der Waals surface area (Å²) in [6, 6.07) is 22.0. The van der Waals surface area contributed by atoms with Crippen LogP contribution in [0.2, 0.25) is 0 Å². The zero-order valence-electron chi connectivity index (χ0n) is 23.9. The van der Waals surface area contributed by atoms with Crippen LogP contribution in [0.3, 0.4) is 0 Å². The largest absolute Gasteiger partial charge is 0.497 e. The van der Waals surface area contributed by atoms with Crippen LogP contribution in [-0.2, 0) is 4.79 Å². The Bertz CT molecular complexity index is 1860. The molecule has 12 heteroatoms. The number of hydrogen-bond donors (Lipinski definition) is 1. The van der Waals surface area contributed by atoms with Gasteiger partial charge >= 0.3 is 11.6 Å². The summed E-state index contributed by atoms with van der Waals surface area (Å²) in [6.45, 7) is 1.85. The Kier molecular flexibility index (Phi) is 7.59. The number of carbonyl (C=O) groups is 1. The number of aryl methyl sites for hydroxylation is 1. The Morgan fingerprint density at radius 1 is 0.953 bits per heavy atom. The van der Waals surface area contributed by atoms with Crippen molar-refractivity contribution < 1.29 is 18.7 Å². The molecule has 6 rings (SSSR count). The summed E-state index contributed by atoms with van der Waals surface area (Å²) in [5.74, 6) is 2.28. The molecule has 1 aliphatic rings. The van der Waals surface area contributed by atoms with E-state index in [9.17, 15) is 9.59 Å². The van der Waals surface area contributed by atoms with Crippen molar-refractivity contribution in [1.29, 1.82) is 0 Å². The number of aromatic nitrogens is 3. The molecule has 3 aromatic carbocycles. The van der Waals surface area contributed by atoms with Crippen LogP contribution in [0.5, 0.6) is 17.5 Å². The van der Waals surface area contributed by atoms with E-state index in [-0.39, 0.29) is 23.2 Å². The summed E-state index contributed by atoms with van der Waals surface area (Å²) in [6.07, 6.45) is 0. The van der Waals surface area contributed by atoms with Crippen LogP contribution in [0.1, 0.15) is 16.5 Å². The number of anilines is 4. The van der Waals surface area contributed by atoms with Gasteiger partial charge in [0.25, 0.3) is 0 Å². The second-order valence-electron chi connectivity index (χ2n) is 10.0. The van der Waals surface area contributed by atoms with E-state index in [1.807, 2.05) is 80.5 Å². The minimum Gasteiger partial charge on any atom is -0.497 e. The quantitative estimate of drug-likeness (QED) is 0.223. The molecule has 0 bridgehead atoms. The van der Waals surface area contributed by atoms with Gasteiger partial charge in [0, 0.05) is 43.0 Å². The van der Waals surface area contributed by atoms with E-state index < -0.39 is 5.63 Å². The number of ether oxygens (including phenoxy) is 2. The van der Waals surface area contributed by atoms with Crippen LogP contribution in [0, 0.1) is 6.92 Å². The third-order valence-corrected chi connectivity index (χ3v) is 8.02. The summed E-state index contributed by atoms with van der Waals surface area (Å²) in [7, 11) is 5.26. The van der Waals surface area contributed by atoms with Crippen LogP contribution >= 0.6 is 11.8 Å². The average Bonchev–Trinajstić information content (AvgIpc) is 3.38. The van der Waals surface area contributed by atoms with E-state index in [2.05, 4.69) is 20.3 Å². The summed E-state index contributed by atoms with van der Waals surface area (Å²) < 4.78 is 16.6. The Morgan fingerprint density at radius 2 is 1.70 bits per heavy atom. The zero-order chi connectivity index (χ0) is 30.1. The number of rotatable bonds is 8. The predicted octanol–water partition coefficient (Wildman–Crippen LogP) is 5.68. The maximum absolute atomic E-state index is 12.8. The Hall–Kier alpha value is -5.10. The second-order valence-corrected chi connectivity index (χ2v) is 11.1. The van der Waals surface area contributed by atoms with Gasteiger partial charge in [-0.05, 0) is 66.6 Å². The van der Waals surface area contributed by atoms with Gasteiger partial charge < -0.3 is 24.1 Å². The smallest absolute Gasteiger partial charge is 0.336 e. The molecule has 1 saturated heterocycles. The van der Waals surface area contributed by atoms with Crippen molar-refractivity contribution in [3.05, 3.63) is 94.3 Å². The second kappa shape index (κ2) is 11.6. The number of fused-ring (bicyclic) bond motifs is 1. The van der Waals surface area contributed by atoms with E-state index in [1.165, 1.54) is 6.07 Å². The first-order valence-corrected chi connectivity index (χ1v) is 14.4. The van der Waals surface area contributed by atoms with Crippen LogP contribution in [-0.4, -0.2) is 47.8 Å². The lowest BCUT2D eigenvalue weighted by Crippen LogP contribution is -2.27. The molecule has 1 unspecified atom stereocenters. The molecular formula is C31H28N6O5S. The van der Waals surface area contributed by atoms with Gasteiger partial charge in [-0.1, -0.05) is 12.1 Å². The summed E-state index contributed by atoms with van der Waals surface area (Å²) in [5.41, 5.74) is 3.32. The number of nitrogens with one attached hydrogen (secondary N) is 1. The Morgan fingerprint density at radius 3 is 2.42 bits per heavy atom. The van der Waals surface area contributed by atoms with E-state index in [4.69, 9.17) is 13.9 Å². The maximum Gasteiger partial charge on any atom is 0.336 e. The molecule has 1 N–H and O–H groups in total. The fraction of sp³-hybridized carbons (Fsp3) is 0.194. The molecule has 43 heavy (non-hydrogen) atoms. The van der Waals surface area contributed by atoms with Crippen LogP contribution in [0.25, 0.3) is 11.0 Å². The lowest BCUT2D eigenvalue weighted by molar-refractivity contribution is -0.115. The molecule has 5 aromatic rings. The molecular weight excluding hydrogens is 568 g/mol. The van der Waals surface area contributed by atoms with Gasteiger partial charge in [0.1, 0.15) is 22.5 Å². The highest BCUT2D eigenvalue weighted by Gasteiger charge is 2.34. The molecule has 11 nitrogen and oxygen atoms in total. The number of thioether (sulfide) groups is 1. The fourth-order valence-corrected chi connectivity index (χ4v) is 5.85. The SMILES string of the molecule is COc1ccc(C2SCC(=O)N2c2ccc(Nc3nc(Oc4ccc5c(C)cc(=O)oc5c4)nc(N(C)C)n3)cc2)cc1. The molecule has 1 fully saturated rings. The lowest BCUT2D eigenvalue weighted by Gasteiger charge is -2.24. The van der Waals surface area contributed by atoms with Gasteiger partial charge in [-0.3, -0.25) is 9.69 Å². The lowest BCUT2D eigenvalue weighted by atomic mass is 10.1. The van der Waals surface area contributed by atoms with Gasteiger partial charge in [-0.15, -0.1) is 11.8 Å². The van der Waals surface area contributed by atoms with Crippen molar-refractivity contribution in [2.45, 2.75) is 12.3 Å². The number of hydrogen-bond acceptors (Lipinski definition) is 11. The van der Waals surface area contributed by atoms with E-state index >= 15 is 0 Å². The number of amides is 1. The van der Waals surface area contributed by atoms with Gasteiger partial charge in [0.05, 0.1) is 12.9 Å². The predicted molar refractivity (Wildman–Crippen MR) is 167 cm³/mol. The third-order valence-electron chi connectivity index (χ3n) is 6.81. The fourth-order valence-electron chi connectivity index (χ4n) is 4.67. The molecule has 0 aliphatic carbocycles. The molecule has 1 aliphatic heterocycles. The van der Waals surface area contributed by atoms with Crippen molar-refractivity contribution in [2.75, 3.05) is 42.1 Å². The maximum atomic E-state index is 12.8. The Labute approximate surface area is 251 Å². The van der Waals surface area contributed by atoms with E-state index in [0.29, 0.717) is 28.7 Å². The zero-order valence-corrected chi connectivity index (χ0v) is 24.7. The molecule has 218 valence electrons. The number of nitrogens with zero attached hydrogens (tertiary/aromatic N) is 5. The topological polar surface area (TPSA) is 123 Å². The van der Waals surface area contributed by atoms with Crippen LogP contribution < -0.4 is 30.2 Å². The van der Waals surface area contributed by atoms with E-state index in [1.54, 1.807) is 35.9 Å². The molecule has 2 aromatic heterocycles. The van der Waals surface area contributed by atoms with Gasteiger partial charge in [0.15, 0.2) is 0 Å². The van der Waals surface area contributed by atoms with Crippen molar-refractivity contribution in [3.63, 3.8) is 0 Å². The van der Waals surface area contributed by atoms with Crippen molar-refractivity contribution in [1.82, 2.24) is 15.0 Å². The summed E-state index contributed by atoms with van der Waals surface area (Å²) >= 11 is 1.59. The minimum atomic E-state index is -0.432. The summed E-state index contributed by atoms with van der Waals surface area (Å²) in [4.78, 5) is 41.6. The van der Waals surface area contributed by atoms with Crippen molar-refractivity contribution in [2.24, 2.45) is 0 Å². The first kappa shape index (κ1) is 28.0. The van der Waals surface area contributed by atoms with Gasteiger partial charge in [-0.2, -0.15) is 15.0 Å². The van der Waals surface area contributed by atoms with Crippen LogP contribution in [0.4, 0.5) is 23.3 Å². The molecule has 3 heterocycles. The molecule has 0 radical (unpaired) electrons. The monoisotopic (exact) mass is 596 g/mol. The van der Waals surface area contributed by atoms with Gasteiger partial charge in [0.2, 0.25) is 17.8 Å². The van der Waals surface area contributed by atoms with E-state index in [0.717, 1.165) is 28.0 Å². The van der Waals surface area contributed by atoms with Crippen molar-refractivity contribution >= 4 is 51.9 Å². The highest BCUT2D eigenvalue weighted by Crippen LogP contribution is 2.42. The highest BCUT2D eigenvalue weighted by atomic mass is 32.2. The Balaban J connectivity index is 1.23. The average molecular weight is 597 g/mol. The van der Waals surface area contributed by atoms with Crippen LogP contribution in [0.15, 0.2) is 82.0 Å². The number of carbonyl (C=O) groups excluding carboxylic acids is 1. The third kappa shape index (κ3) is 5.95. The highest BCUT2D eigenvalue weighted by molar-refractivity contribution is 8.00. The molecule has 1 atom stereocenters. The standard InChI is InChI=1S/C31H28N6O5S/c1-18-15-27(39)42-25-16-23(13-14-24(18)25)41-31-34-29(33-30(35-31)36(2)3)32-20-7-9-21(10-8-20)37-26(38)17-43-28(37)19-5-11-22(40-4)12-6-19/h5-16,28H,17H2,1-4H3,(H,32,33,34,35). The minimum absolute atomic E-state index is 0.0459. The van der Waals surface area contributed by atoms with Gasteiger partial charge in [-0.25, -0.2) is 4.79 Å². The molecule has 0 saturated carbocycles.